The fourth-order valence-electron chi connectivity index (χ4n) is 1.68. The molecule has 0 atom stereocenters. The van der Waals surface area contributed by atoms with Crippen LogP contribution in [0.3, 0.4) is 0 Å². The number of thiophene rings is 1. The van der Waals surface area contributed by atoms with Gasteiger partial charge >= 0.3 is 0 Å². The molecular formula is C13H13BrN2S2. The maximum atomic E-state index is 5.64. The lowest BCUT2D eigenvalue weighted by Gasteiger charge is -2.09. The Labute approximate surface area is 124 Å². The molecule has 0 aliphatic carbocycles. The van der Waals surface area contributed by atoms with Crippen molar-refractivity contribution < 1.29 is 0 Å². The average molecular weight is 341 g/mol. The van der Waals surface area contributed by atoms with Gasteiger partial charge < -0.3 is 11.1 Å². The van der Waals surface area contributed by atoms with E-state index in [9.17, 15) is 0 Å². The standard InChI is InChI=1S/C13H13BrN2S2/c1-8-6-9(2-3-10(8)13(15)17)16-7-12-11(14)4-5-18-12/h2-6,16H,7H2,1H3,(H2,15,17). The minimum absolute atomic E-state index is 0.444. The molecule has 1 aromatic heterocycles. The van der Waals surface area contributed by atoms with E-state index in [1.807, 2.05) is 19.1 Å². The van der Waals surface area contributed by atoms with Crippen molar-refractivity contribution in [2.24, 2.45) is 5.73 Å². The Morgan fingerprint density at radius 1 is 1.44 bits per heavy atom. The van der Waals surface area contributed by atoms with Crippen LogP contribution in [-0.2, 0) is 6.54 Å². The van der Waals surface area contributed by atoms with Crippen LogP contribution in [0.25, 0.3) is 0 Å². The molecule has 0 aliphatic heterocycles. The maximum Gasteiger partial charge on any atom is 0.104 e. The van der Waals surface area contributed by atoms with Crippen LogP contribution in [-0.4, -0.2) is 4.99 Å². The molecule has 5 heteroatoms. The van der Waals surface area contributed by atoms with Crippen molar-refractivity contribution in [1.82, 2.24) is 0 Å². The predicted molar refractivity (Wildman–Crippen MR) is 86.4 cm³/mol. The summed E-state index contributed by atoms with van der Waals surface area (Å²) in [5, 5.41) is 5.46. The van der Waals surface area contributed by atoms with Crippen LogP contribution in [0.5, 0.6) is 0 Å². The molecule has 0 fully saturated rings. The second-order valence-corrected chi connectivity index (χ2v) is 6.23. The molecule has 94 valence electrons. The highest BCUT2D eigenvalue weighted by molar-refractivity contribution is 9.10. The third kappa shape index (κ3) is 3.10. The molecule has 1 heterocycles. The molecule has 3 N–H and O–H groups in total. The zero-order valence-electron chi connectivity index (χ0n) is 9.87. The van der Waals surface area contributed by atoms with Crippen molar-refractivity contribution in [2.75, 3.05) is 5.32 Å². The molecule has 0 saturated carbocycles. The van der Waals surface area contributed by atoms with Crippen LogP contribution in [0, 0.1) is 6.92 Å². The van der Waals surface area contributed by atoms with Gasteiger partial charge in [-0.25, -0.2) is 0 Å². The predicted octanol–water partition coefficient (Wildman–Crippen LogP) is 4.07. The molecule has 2 aromatic rings. The van der Waals surface area contributed by atoms with E-state index in [1.54, 1.807) is 11.3 Å². The Morgan fingerprint density at radius 3 is 2.78 bits per heavy atom. The lowest BCUT2D eigenvalue weighted by molar-refractivity contribution is 1.18. The zero-order chi connectivity index (χ0) is 13.1. The van der Waals surface area contributed by atoms with Gasteiger partial charge in [0, 0.05) is 20.6 Å². The van der Waals surface area contributed by atoms with E-state index in [0.717, 1.165) is 27.8 Å². The minimum Gasteiger partial charge on any atom is -0.389 e. The number of nitrogens with two attached hydrogens (primary N) is 1. The fraction of sp³-hybridized carbons (Fsp3) is 0.154. The number of nitrogens with one attached hydrogen (secondary N) is 1. The molecule has 2 rings (SSSR count). The Kier molecular flexibility index (Phi) is 4.37. The number of anilines is 1. The highest BCUT2D eigenvalue weighted by Gasteiger charge is 2.04. The first-order valence-electron chi connectivity index (χ1n) is 5.44. The maximum absolute atomic E-state index is 5.64. The van der Waals surface area contributed by atoms with Crippen LogP contribution in [0.15, 0.2) is 34.1 Å². The Balaban J connectivity index is 2.09. The van der Waals surface area contributed by atoms with Gasteiger partial charge in [0.05, 0.1) is 6.54 Å². The van der Waals surface area contributed by atoms with Crippen molar-refractivity contribution in [3.8, 4) is 0 Å². The first kappa shape index (κ1) is 13.5. The summed E-state index contributed by atoms with van der Waals surface area (Å²) in [6, 6.07) is 8.09. The van der Waals surface area contributed by atoms with Crippen LogP contribution < -0.4 is 11.1 Å². The number of hydrogen-bond acceptors (Lipinski definition) is 3. The van der Waals surface area contributed by atoms with E-state index in [4.69, 9.17) is 18.0 Å². The van der Waals surface area contributed by atoms with Crippen molar-refractivity contribution in [3.05, 3.63) is 50.1 Å². The molecule has 2 nitrogen and oxygen atoms in total. The van der Waals surface area contributed by atoms with E-state index >= 15 is 0 Å². The molecule has 0 unspecified atom stereocenters. The second-order valence-electron chi connectivity index (χ2n) is 3.94. The summed E-state index contributed by atoms with van der Waals surface area (Å²) in [5.41, 5.74) is 8.75. The monoisotopic (exact) mass is 340 g/mol. The van der Waals surface area contributed by atoms with Gasteiger partial charge in [-0.1, -0.05) is 12.2 Å². The zero-order valence-corrected chi connectivity index (χ0v) is 13.1. The van der Waals surface area contributed by atoms with E-state index in [0.29, 0.717) is 4.99 Å². The number of hydrogen-bond donors (Lipinski definition) is 2. The van der Waals surface area contributed by atoms with Crippen LogP contribution in [0.4, 0.5) is 5.69 Å². The summed E-state index contributed by atoms with van der Waals surface area (Å²) in [5.74, 6) is 0. The fourth-order valence-corrected chi connectivity index (χ4v) is 3.34. The van der Waals surface area contributed by atoms with E-state index in [1.165, 1.54) is 4.88 Å². The third-order valence-corrected chi connectivity index (χ3v) is 4.78. The van der Waals surface area contributed by atoms with E-state index < -0.39 is 0 Å². The molecule has 0 spiro atoms. The van der Waals surface area contributed by atoms with Crippen molar-refractivity contribution in [3.63, 3.8) is 0 Å². The van der Waals surface area contributed by atoms with Gasteiger partial charge in [0.15, 0.2) is 0 Å². The molecule has 18 heavy (non-hydrogen) atoms. The molecule has 0 bridgehead atoms. The van der Waals surface area contributed by atoms with Crippen molar-refractivity contribution in [2.45, 2.75) is 13.5 Å². The average Bonchev–Trinajstić information content (AvgIpc) is 2.72. The Bertz CT molecular complexity index is 578. The molecule has 0 radical (unpaired) electrons. The summed E-state index contributed by atoms with van der Waals surface area (Å²) in [4.78, 5) is 1.73. The van der Waals surface area contributed by atoms with Gasteiger partial charge in [-0.15, -0.1) is 11.3 Å². The van der Waals surface area contributed by atoms with Gasteiger partial charge in [0.1, 0.15) is 4.99 Å². The highest BCUT2D eigenvalue weighted by Crippen LogP contribution is 2.24. The number of rotatable bonds is 4. The van der Waals surface area contributed by atoms with Crippen molar-refractivity contribution >= 4 is 50.2 Å². The molecule has 0 aliphatic rings. The van der Waals surface area contributed by atoms with E-state index in [-0.39, 0.29) is 0 Å². The molecule has 1 aromatic carbocycles. The van der Waals surface area contributed by atoms with Crippen LogP contribution >= 0.6 is 39.5 Å². The quantitative estimate of drug-likeness (QED) is 0.824. The lowest BCUT2D eigenvalue weighted by atomic mass is 10.1. The smallest absolute Gasteiger partial charge is 0.104 e. The molecule has 0 amide bonds. The van der Waals surface area contributed by atoms with Crippen LogP contribution in [0.2, 0.25) is 0 Å². The topological polar surface area (TPSA) is 38.0 Å². The van der Waals surface area contributed by atoms with E-state index in [2.05, 4.69) is 38.8 Å². The summed E-state index contributed by atoms with van der Waals surface area (Å²) >= 11 is 10.2. The summed E-state index contributed by atoms with van der Waals surface area (Å²) < 4.78 is 1.15. The van der Waals surface area contributed by atoms with Gasteiger partial charge in [-0.05, 0) is 58.1 Å². The Morgan fingerprint density at radius 2 is 2.22 bits per heavy atom. The van der Waals surface area contributed by atoms with Crippen LogP contribution in [0.1, 0.15) is 16.0 Å². The Hall–Kier alpha value is -0.910. The summed E-state index contributed by atoms with van der Waals surface area (Å²) in [6.45, 7) is 2.82. The minimum atomic E-state index is 0.444. The van der Waals surface area contributed by atoms with Gasteiger partial charge in [-0.2, -0.15) is 0 Å². The van der Waals surface area contributed by atoms with Crippen molar-refractivity contribution in [1.29, 1.82) is 0 Å². The first-order chi connectivity index (χ1) is 8.58. The number of thiocarbonyl (C=S) groups is 1. The first-order valence-corrected chi connectivity index (χ1v) is 7.52. The number of aryl methyl sites for hydroxylation is 1. The van der Waals surface area contributed by atoms with Gasteiger partial charge in [0.25, 0.3) is 0 Å². The number of benzene rings is 1. The molecular weight excluding hydrogens is 328 g/mol. The highest BCUT2D eigenvalue weighted by atomic mass is 79.9. The molecule has 0 saturated heterocycles. The summed E-state index contributed by atoms with van der Waals surface area (Å²) in [7, 11) is 0. The van der Waals surface area contributed by atoms with Gasteiger partial charge in [0.2, 0.25) is 0 Å². The van der Waals surface area contributed by atoms with Gasteiger partial charge in [-0.3, -0.25) is 0 Å². The third-order valence-electron chi connectivity index (χ3n) is 2.64. The largest absolute Gasteiger partial charge is 0.389 e. The normalized spacial score (nSPS) is 10.3. The lowest BCUT2D eigenvalue weighted by Crippen LogP contribution is -2.11. The second kappa shape index (κ2) is 5.82. The SMILES string of the molecule is Cc1cc(NCc2sccc2Br)ccc1C(N)=S. The number of halogens is 1. The summed E-state index contributed by atoms with van der Waals surface area (Å²) in [6.07, 6.45) is 0.